The fraction of sp³-hybridized carbons (Fsp3) is 0.500. The van der Waals surface area contributed by atoms with Gasteiger partial charge >= 0.3 is 11.9 Å². The number of aromatic nitrogens is 2. The Kier molecular flexibility index (Phi) is 9.90. The van der Waals surface area contributed by atoms with Crippen molar-refractivity contribution in [1.82, 2.24) is 14.9 Å². The van der Waals surface area contributed by atoms with Crippen LogP contribution < -0.4 is 10.2 Å². The van der Waals surface area contributed by atoms with Crippen molar-refractivity contribution in [2.75, 3.05) is 56.2 Å². The Morgan fingerprint density at radius 3 is 2.38 bits per heavy atom. The number of hydrogen-bond acceptors (Lipinski definition) is 9. The van der Waals surface area contributed by atoms with E-state index in [1.807, 2.05) is 35.2 Å². The lowest BCUT2D eigenvalue weighted by atomic mass is 9.96. The molecule has 1 aliphatic rings. The Morgan fingerprint density at radius 1 is 1.09 bits per heavy atom. The van der Waals surface area contributed by atoms with Crippen molar-refractivity contribution in [3.05, 3.63) is 41.7 Å². The Balaban J connectivity index is 1.55. The highest BCUT2D eigenvalue weighted by atomic mass is 35.5. The summed E-state index contributed by atoms with van der Waals surface area (Å²) in [6.45, 7) is 6.62. The van der Waals surface area contributed by atoms with Gasteiger partial charge in [0.25, 0.3) is 0 Å². The van der Waals surface area contributed by atoms with E-state index in [0.717, 1.165) is 37.4 Å². The largest absolute Gasteiger partial charge is 0.465 e. The third-order valence-corrected chi connectivity index (χ3v) is 5.76. The predicted octanol–water partition coefficient (Wildman–Crippen LogP) is 3.52. The highest BCUT2D eigenvalue weighted by Crippen LogP contribution is 2.25. The number of hydrogen-bond donors (Lipinski definition) is 1. The van der Waals surface area contributed by atoms with Gasteiger partial charge < -0.3 is 19.7 Å². The molecule has 1 fully saturated rings. The zero-order chi connectivity index (χ0) is 24.3. The second kappa shape index (κ2) is 13.1. The molecule has 1 N–H and O–H groups in total. The van der Waals surface area contributed by atoms with Crippen LogP contribution in [-0.2, 0) is 19.1 Å². The number of piperidine rings is 1. The molecule has 34 heavy (non-hydrogen) atoms. The molecule has 0 aliphatic carbocycles. The third-order valence-electron chi connectivity index (χ3n) is 5.52. The second-order valence-corrected chi connectivity index (χ2v) is 8.54. The number of carbonyl (C=O) groups excluding carboxylic acids is 2. The summed E-state index contributed by atoms with van der Waals surface area (Å²) in [5.74, 6) is 1.25. The van der Waals surface area contributed by atoms with E-state index in [2.05, 4.69) is 20.2 Å². The first-order valence-corrected chi connectivity index (χ1v) is 12.0. The normalized spacial score (nSPS) is 14.2. The highest BCUT2D eigenvalue weighted by molar-refractivity contribution is 6.30. The first-order chi connectivity index (χ1) is 16.5. The van der Waals surface area contributed by atoms with Crippen LogP contribution >= 0.6 is 11.6 Å². The summed E-state index contributed by atoms with van der Waals surface area (Å²) in [6.07, 6.45) is 3.39. The Labute approximate surface area is 205 Å². The molecule has 2 heterocycles. The van der Waals surface area contributed by atoms with E-state index in [1.165, 1.54) is 0 Å². The molecule has 0 bridgehead atoms. The van der Waals surface area contributed by atoms with Gasteiger partial charge in [-0.1, -0.05) is 17.7 Å². The van der Waals surface area contributed by atoms with E-state index < -0.39 is 0 Å². The number of rotatable bonds is 11. The van der Waals surface area contributed by atoms with Crippen LogP contribution in [0.1, 0.15) is 26.7 Å². The monoisotopic (exact) mass is 489 g/mol. The minimum atomic E-state index is -0.329. The van der Waals surface area contributed by atoms with Crippen molar-refractivity contribution in [3.63, 3.8) is 0 Å². The van der Waals surface area contributed by atoms with Crippen molar-refractivity contribution in [1.29, 1.82) is 0 Å². The number of nitrogens with zero attached hydrogens (tertiary/aromatic N) is 4. The van der Waals surface area contributed by atoms with Crippen LogP contribution in [0, 0.1) is 5.92 Å². The van der Waals surface area contributed by atoms with Crippen LogP contribution in [0.15, 0.2) is 36.7 Å². The average molecular weight is 490 g/mol. The van der Waals surface area contributed by atoms with E-state index in [0.29, 0.717) is 36.5 Å². The molecule has 0 atom stereocenters. The van der Waals surface area contributed by atoms with E-state index in [-0.39, 0.29) is 25.0 Å². The van der Waals surface area contributed by atoms with Gasteiger partial charge in [0, 0.05) is 36.4 Å². The Bertz CT molecular complexity index is 932. The smallest absolute Gasteiger partial charge is 0.320 e. The summed E-state index contributed by atoms with van der Waals surface area (Å²) in [5, 5.41) is 3.91. The molecule has 10 heteroatoms. The summed E-state index contributed by atoms with van der Waals surface area (Å²) in [6, 6.07) is 9.40. The average Bonchev–Trinajstić information content (AvgIpc) is 2.80. The SMILES string of the molecule is CCOC(=O)CN(CC(=O)OCC)CC1CCN(c2cc(Nc3cccc(Cl)c3)ncn2)CC1. The molecule has 0 saturated carbocycles. The molecule has 0 spiro atoms. The van der Waals surface area contributed by atoms with Gasteiger partial charge in [-0.2, -0.15) is 0 Å². The molecular weight excluding hydrogens is 458 g/mol. The van der Waals surface area contributed by atoms with Crippen molar-refractivity contribution in [2.45, 2.75) is 26.7 Å². The standard InChI is InChI=1S/C24H32ClN5O4/c1-3-33-23(31)15-29(16-24(32)34-4-2)14-18-8-10-30(11-9-18)22-13-21(26-17-27-22)28-20-7-5-6-19(25)12-20/h5-7,12-13,17-18H,3-4,8-11,14-16H2,1-2H3,(H,26,27,28). The number of benzene rings is 1. The van der Waals surface area contributed by atoms with Crippen molar-refractivity contribution in [2.24, 2.45) is 5.92 Å². The van der Waals surface area contributed by atoms with Gasteiger partial charge in [-0.15, -0.1) is 0 Å². The van der Waals surface area contributed by atoms with E-state index >= 15 is 0 Å². The van der Waals surface area contributed by atoms with Crippen LogP contribution in [-0.4, -0.2) is 72.7 Å². The fourth-order valence-electron chi connectivity index (χ4n) is 3.98. The molecule has 184 valence electrons. The molecule has 1 saturated heterocycles. The first-order valence-electron chi connectivity index (χ1n) is 11.6. The fourth-order valence-corrected chi connectivity index (χ4v) is 4.17. The molecule has 1 aliphatic heterocycles. The predicted molar refractivity (Wildman–Crippen MR) is 131 cm³/mol. The quantitative estimate of drug-likeness (QED) is 0.475. The molecule has 1 aromatic heterocycles. The number of anilines is 3. The number of nitrogens with one attached hydrogen (secondary N) is 1. The van der Waals surface area contributed by atoms with E-state index in [9.17, 15) is 9.59 Å². The highest BCUT2D eigenvalue weighted by Gasteiger charge is 2.25. The van der Waals surface area contributed by atoms with Crippen LogP contribution in [0.2, 0.25) is 5.02 Å². The summed E-state index contributed by atoms with van der Waals surface area (Å²) >= 11 is 6.06. The van der Waals surface area contributed by atoms with E-state index in [1.54, 1.807) is 20.2 Å². The van der Waals surface area contributed by atoms with Crippen LogP contribution in [0.4, 0.5) is 17.3 Å². The maximum Gasteiger partial charge on any atom is 0.320 e. The lowest BCUT2D eigenvalue weighted by Crippen LogP contribution is -2.43. The molecular formula is C24H32ClN5O4. The summed E-state index contributed by atoms with van der Waals surface area (Å²) in [4.78, 5) is 36.8. The summed E-state index contributed by atoms with van der Waals surface area (Å²) < 4.78 is 10.1. The number of halogens is 1. The van der Waals surface area contributed by atoms with Crippen LogP contribution in [0.5, 0.6) is 0 Å². The van der Waals surface area contributed by atoms with E-state index in [4.69, 9.17) is 21.1 Å². The van der Waals surface area contributed by atoms with Crippen LogP contribution in [0.3, 0.4) is 0 Å². The summed E-state index contributed by atoms with van der Waals surface area (Å²) in [5.41, 5.74) is 0.860. The maximum atomic E-state index is 12.0. The van der Waals surface area contributed by atoms with Crippen LogP contribution in [0.25, 0.3) is 0 Å². The topological polar surface area (TPSA) is 96.9 Å². The molecule has 0 amide bonds. The lowest BCUT2D eigenvalue weighted by Gasteiger charge is -2.35. The Hall–Kier alpha value is -2.91. The molecule has 0 unspecified atom stereocenters. The van der Waals surface area contributed by atoms with Gasteiger partial charge in [-0.05, 0) is 50.8 Å². The second-order valence-electron chi connectivity index (χ2n) is 8.11. The molecule has 0 radical (unpaired) electrons. The summed E-state index contributed by atoms with van der Waals surface area (Å²) in [7, 11) is 0. The molecule has 2 aromatic rings. The molecule has 1 aromatic carbocycles. The number of esters is 2. The van der Waals surface area contributed by atoms with Gasteiger partial charge in [0.15, 0.2) is 0 Å². The van der Waals surface area contributed by atoms with Gasteiger partial charge in [-0.25, -0.2) is 9.97 Å². The minimum Gasteiger partial charge on any atom is -0.465 e. The molecule has 9 nitrogen and oxygen atoms in total. The zero-order valence-electron chi connectivity index (χ0n) is 19.7. The van der Waals surface area contributed by atoms with Crippen molar-refractivity contribution < 1.29 is 19.1 Å². The minimum absolute atomic E-state index is 0.0807. The third kappa shape index (κ3) is 8.14. The Morgan fingerprint density at radius 2 is 1.76 bits per heavy atom. The van der Waals surface area contributed by atoms with Gasteiger partial charge in [0.2, 0.25) is 0 Å². The zero-order valence-corrected chi connectivity index (χ0v) is 20.5. The number of ether oxygens (including phenoxy) is 2. The first kappa shape index (κ1) is 25.7. The van der Waals surface area contributed by atoms with Crippen molar-refractivity contribution >= 4 is 40.9 Å². The van der Waals surface area contributed by atoms with Crippen molar-refractivity contribution in [3.8, 4) is 0 Å². The van der Waals surface area contributed by atoms with Gasteiger partial charge in [0.1, 0.15) is 18.0 Å². The lowest BCUT2D eigenvalue weighted by molar-refractivity contribution is -0.148. The maximum absolute atomic E-state index is 12.0. The van der Waals surface area contributed by atoms with Gasteiger partial charge in [-0.3, -0.25) is 14.5 Å². The molecule has 3 rings (SSSR count). The number of carbonyl (C=O) groups is 2. The van der Waals surface area contributed by atoms with Gasteiger partial charge in [0.05, 0.1) is 26.3 Å².